The Bertz CT molecular complexity index is 630. The van der Waals surface area contributed by atoms with Crippen LogP contribution in [0.25, 0.3) is 0 Å². The smallest absolute Gasteiger partial charge is 0.267 e. The van der Waals surface area contributed by atoms with Gasteiger partial charge in [0, 0.05) is 5.38 Å². The van der Waals surface area contributed by atoms with E-state index in [1.807, 2.05) is 0 Å². The Morgan fingerprint density at radius 1 is 1.16 bits per heavy atom. The van der Waals surface area contributed by atoms with Crippen LogP contribution in [0.5, 0.6) is 0 Å². The lowest BCUT2D eigenvalue weighted by Gasteiger charge is -2.07. The van der Waals surface area contributed by atoms with E-state index < -0.39 is 5.91 Å². The Balaban J connectivity index is 1.98. The molecule has 1 heterocycles. The molecule has 1 aromatic carbocycles. The van der Waals surface area contributed by atoms with E-state index in [9.17, 15) is 9.59 Å². The molecule has 0 radical (unpaired) electrons. The van der Waals surface area contributed by atoms with Gasteiger partial charge in [-0.05, 0) is 34.1 Å². The van der Waals surface area contributed by atoms with Gasteiger partial charge in [0.15, 0.2) is 0 Å². The first kappa shape index (κ1) is 14.0. The third-order valence-electron chi connectivity index (χ3n) is 2.24. The molecule has 98 valence electrons. The van der Waals surface area contributed by atoms with Crippen LogP contribution in [0.4, 0.5) is 0 Å². The minimum Gasteiger partial charge on any atom is -0.267 e. The van der Waals surface area contributed by atoms with E-state index in [0.29, 0.717) is 16.1 Å². The Kier molecular flexibility index (Phi) is 4.57. The zero-order valence-corrected chi connectivity index (χ0v) is 12.6. The largest absolute Gasteiger partial charge is 0.271 e. The number of thiophene rings is 1. The lowest BCUT2D eigenvalue weighted by atomic mass is 10.2. The SMILES string of the molecule is O=C(NNC(=O)c1ccccc1Cl)c1csc(Br)c1. The first-order valence-corrected chi connectivity index (χ1v) is 7.22. The summed E-state index contributed by atoms with van der Waals surface area (Å²) in [5.74, 6) is -0.851. The fraction of sp³-hybridized carbons (Fsp3) is 0. The Morgan fingerprint density at radius 3 is 2.47 bits per heavy atom. The summed E-state index contributed by atoms with van der Waals surface area (Å²) in [7, 11) is 0. The summed E-state index contributed by atoms with van der Waals surface area (Å²) in [6.45, 7) is 0. The van der Waals surface area contributed by atoms with E-state index in [-0.39, 0.29) is 5.91 Å². The molecule has 0 saturated carbocycles. The number of carbonyl (C=O) groups excluding carboxylic acids is 2. The molecular formula is C12H8BrClN2O2S. The fourth-order valence-corrected chi connectivity index (χ4v) is 2.69. The van der Waals surface area contributed by atoms with Gasteiger partial charge in [-0.25, -0.2) is 0 Å². The predicted octanol–water partition coefficient (Wildman–Crippen LogP) is 3.24. The third-order valence-corrected chi connectivity index (χ3v) is 4.07. The van der Waals surface area contributed by atoms with Crippen molar-refractivity contribution in [1.29, 1.82) is 0 Å². The van der Waals surface area contributed by atoms with Gasteiger partial charge in [0.05, 0.1) is 19.9 Å². The number of nitrogens with one attached hydrogen (secondary N) is 2. The molecule has 0 aliphatic heterocycles. The normalized spacial score (nSPS) is 10.0. The second kappa shape index (κ2) is 6.18. The first-order chi connectivity index (χ1) is 9.08. The van der Waals surface area contributed by atoms with Crippen molar-refractivity contribution in [2.24, 2.45) is 0 Å². The number of amides is 2. The van der Waals surface area contributed by atoms with Gasteiger partial charge in [-0.3, -0.25) is 20.4 Å². The van der Waals surface area contributed by atoms with Crippen molar-refractivity contribution in [3.63, 3.8) is 0 Å². The van der Waals surface area contributed by atoms with Crippen LogP contribution in [0.15, 0.2) is 39.5 Å². The van der Waals surface area contributed by atoms with Gasteiger partial charge in [0.1, 0.15) is 0 Å². The van der Waals surface area contributed by atoms with Crippen LogP contribution >= 0.6 is 38.9 Å². The molecular weight excluding hydrogens is 352 g/mol. The Labute approximate surface area is 126 Å². The summed E-state index contributed by atoms with van der Waals surface area (Å²) < 4.78 is 0.843. The fourth-order valence-electron chi connectivity index (χ4n) is 1.33. The molecule has 2 aromatic rings. The molecule has 1 aromatic heterocycles. The van der Waals surface area contributed by atoms with Crippen LogP contribution in [-0.2, 0) is 0 Å². The van der Waals surface area contributed by atoms with Crippen LogP contribution in [0.3, 0.4) is 0 Å². The van der Waals surface area contributed by atoms with Crippen molar-refractivity contribution in [2.75, 3.05) is 0 Å². The van der Waals surface area contributed by atoms with Crippen molar-refractivity contribution >= 4 is 50.7 Å². The van der Waals surface area contributed by atoms with Gasteiger partial charge in [-0.2, -0.15) is 0 Å². The minimum absolute atomic E-state index is 0.302. The number of hydrogen-bond acceptors (Lipinski definition) is 3. The molecule has 0 unspecified atom stereocenters. The van der Waals surface area contributed by atoms with Crippen LogP contribution in [0.2, 0.25) is 5.02 Å². The van der Waals surface area contributed by atoms with E-state index >= 15 is 0 Å². The Morgan fingerprint density at radius 2 is 1.84 bits per heavy atom. The van der Waals surface area contributed by atoms with E-state index in [4.69, 9.17) is 11.6 Å². The molecule has 0 fully saturated rings. The number of hydrazine groups is 1. The topological polar surface area (TPSA) is 58.2 Å². The lowest BCUT2D eigenvalue weighted by Crippen LogP contribution is -2.41. The molecule has 0 atom stereocenters. The average molecular weight is 360 g/mol. The highest BCUT2D eigenvalue weighted by molar-refractivity contribution is 9.11. The van der Waals surface area contributed by atoms with E-state index in [1.165, 1.54) is 11.3 Å². The number of hydrogen-bond donors (Lipinski definition) is 2. The summed E-state index contributed by atoms with van der Waals surface area (Å²) in [5, 5.41) is 2.01. The zero-order chi connectivity index (χ0) is 13.8. The van der Waals surface area contributed by atoms with E-state index in [0.717, 1.165) is 3.79 Å². The number of benzene rings is 1. The van der Waals surface area contributed by atoms with Crippen LogP contribution < -0.4 is 10.9 Å². The van der Waals surface area contributed by atoms with Crippen molar-refractivity contribution in [1.82, 2.24) is 10.9 Å². The summed E-state index contributed by atoms with van der Waals surface area (Å²) in [6.07, 6.45) is 0. The van der Waals surface area contributed by atoms with Gasteiger partial charge in [-0.1, -0.05) is 23.7 Å². The third kappa shape index (κ3) is 3.56. The summed E-state index contributed by atoms with van der Waals surface area (Å²) in [5.41, 5.74) is 5.41. The maximum absolute atomic E-state index is 11.8. The highest BCUT2D eigenvalue weighted by Gasteiger charge is 2.12. The first-order valence-electron chi connectivity index (χ1n) is 5.17. The molecule has 2 N–H and O–H groups in total. The Hall–Kier alpha value is -1.37. The monoisotopic (exact) mass is 358 g/mol. The second-order valence-electron chi connectivity index (χ2n) is 3.53. The molecule has 0 aliphatic carbocycles. The summed E-state index contributed by atoms with van der Waals surface area (Å²) in [6, 6.07) is 8.26. The predicted molar refractivity (Wildman–Crippen MR) is 78.4 cm³/mol. The lowest BCUT2D eigenvalue weighted by molar-refractivity contribution is 0.0847. The van der Waals surface area contributed by atoms with Crippen molar-refractivity contribution < 1.29 is 9.59 Å². The standard InChI is InChI=1S/C12H8BrClN2O2S/c13-10-5-7(6-19-10)11(17)15-16-12(18)8-3-1-2-4-9(8)14/h1-6H,(H,15,17)(H,16,18). The molecule has 0 saturated heterocycles. The minimum atomic E-state index is -0.465. The zero-order valence-electron chi connectivity index (χ0n) is 9.44. The number of carbonyl (C=O) groups is 2. The van der Waals surface area contributed by atoms with E-state index in [1.54, 1.807) is 35.7 Å². The highest BCUT2D eigenvalue weighted by Crippen LogP contribution is 2.20. The number of rotatable bonds is 2. The van der Waals surface area contributed by atoms with E-state index in [2.05, 4.69) is 26.8 Å². The van der Waals surface area contributed by atoms with Gasteiger partial charge >= 0.3 is 0 Å². The highest BCUT2D eigenvalue weighted by atomic mass is 79.9. The molecule has 0 spiro atoms. The van der Waals surface area contributed by atoms with Crippen molar-refractivity contribution in [2.45, 2.75) is 0 Å². The van der Waals surface area contributed by atoms with Crippen molar-refractivity contribution in [3.05, 3.63) is 55.6 Å². The van der Waals surface area contributed by atoms with Crippen LogP contribution in [0.1, 0.15) is 20.7 Å². The molecule has 2 rings (SSSR count). The number of halogens is 2. The summed E-state index contributed by atoms with van der Waals surface area (Å²) >= 11 is 10.5. The van der Waals surface area contributed by atoms with Gasteiger partial charge in [0.25, 0.3) is 11.8 Å². The van der Waals surface area contributed by atoms with Gasteiger partial charge in [-0.15, -0.1) is 11.3 Å². The molecule has 19 heavy (non-hydrogen) atoms. The molecule has 2 amide bonds. The quantitative estimate of drug-likeness (QED) is 0.809. The maximum atomic E-state index is 11.8. The molecule has 0 bridgehead atoms. The van der Waals surface area contributed by atoms with Crippen molar-refractivity contribution in [3.8, 4) is 0 Å². The second-order valence-corrected chi connectivity index (χ2v) is 6.23. The molecule has 4 nitrogen and oxygen atoms in total. The summed E-state index contributed by atoms with van der Waals surface area (Å²) in [4.78, 5) is 23.5. The van der Waals surface area contributed by atoms with Crippen LogP contribution in [0, 0.1) is 0 Å². The molecule has 7 heteroatoms. The van der Waals surface area contributed by atoms with Gasteiger partial charge < -0.3 is 0 Å². The van der Waals surface area contributed by atoms with Crippen LogP contribution in [-0.4, -0.2) is 11.8 Å². The maximum Gasteiger partial charge on any atom is 0.271 e. The average Bonchev–Trinajstić information content (AvgIpc) is 2.83. The molecule has 0 aliphatic rings. The van der Waals surface area contributed by atoms with Gasteiger partial charge in [0.2, 0.25) is 0 Å².